The molecule has 0 aliphatic carbocycles. The van der Waals surface area contributed by atoms with Gasteiger partial charge in [0.1, 0.15) is 5.75 Å². The minimum atomic E-state index is -1.41. The Morgan fingerprint density at radius 1 is 1.09 bits per heavy atom. The molecule has 5 heteroatoms. The maximum atomic E-state index is 12.7. The zero-order chi connectivity index (χ0) is 16.1. The van der Waals surface area contributed by atoms with Gasteiger partial charge in [-0.1, -0.05) is 42.5 Å². The first-order valence-electron chi connectivity index (χ1n) is 7.27. The second-order valence-corrected chi connectivity index (χ2v) is 5.65. The summed E-state index contributed by atoms with van der Waals surface area (Å²) in [5.74, 6) is -1.87. The van der Waals surface area contributed by atoms with E-state index < -0.39 is 22.8 Å². The molecular formula is C18H13NO4. The Morgan fingerprint density at radius 3 is 2.52 bits per heavy atom. The number of aromatic nitrogens is 1. The van der Waals surface area contributed by atoms with Crippen LogP contribution in [-0.2, 0) is 6.42 Å². The monoisotopic (exact) mass is 307 g/mol. The number of carboxylic acid groups (broad SMARTS) is 1. The van der Waals surface area contributed by atoms with E-state index >= 15 is 0 Å². The highest BCUT2D eigenvalue weighted by Crippen LogP contribution is 2.38. The van der Waals surface area contributed by atoms with Gasteiger partial charge in [0.25, 0.3) is 5.56 Å². The molecule has 4 rings (SSSR count). The molecule has 1 atom stereocenters. The first kappa shape index (κ1) is 13.6. The highest BCUT2D eigenvalue weighted by Gasteiger charge is 2.31. The lowest BCUT2D eigenvalue weighted by atomic mass is 10.0. The molecule has 23 heavy (non-hydrogen) atoms. The van der Waals surface area contributed by atoms with Crippen LogP contribution in [0.2, 0.25) is 0 Å². The summed E-state index contributed by atoms with van der Waals surface area (Å²) in [5, 5.41) is 20.0. The van der Waals surface area contributed by atoms with Crippen molar-refractivity contribution in [3.05, 3.63) is 75.6 Å². The third-order valence-electron chi connectivity index (χ3n) is 4.41. The smallest absolute Gasteiger partial charge is 0.345 e. The Hall–Kier alpha value is -3.08. The second kappa shape index (κ2) is 4.71. The lowest BCUT2D eigenvalue weighted by Crippen LogP contribution is -2.28. The minimum absolute atomic E-state index is 0.262. The molecule has 5 nitrogen and oxygen atoms in total. The van der Waals surface area contributed by atoms with Crippen molar-refractivity contribution >= 4 is 16.9 Å². The summed E-state index contributed by atoms with van der Waals surface area (Å²) < 4.78 is 1.50. The quantitative estimate of drug-likeness (QED) is 0.762. The molecule has 0 fully saturated rings. The summed E-state index contributed by atoms with van der Waals surface area (Å²) in [7, 11) is 0. The van der Waals surface area contributed by atoms with Crippen LogP contribution in [0.15, 0.2) is 53.3 Å². The van der Waals surface area contributed by atoms with Crippen LogP contribution in [0.1, 0.15) is 27.5 Å². The molecule has 3 aromatic rings. The third kappa shape index (κ3) is 1.80. The lowest BCUT2D eigenvalue weighted by Gasteiger charge is -2.16. The Morgan fingerprint density at radius 2 is 1.83 bits per heavy atom. The molecule has 0 saturated heterocycles. The summed E-state index contributed by atoms with van der Waals surface area (Å²) in [6.45, 7) is 0. The van der Waals surface area contributed by atoms with E-state index in [1.54, 1.807) is 12.1 Å². The lowest BCUT2D eigenvalue weighted by molar-refractivity contribution is 0.0691. The molecule has 2 heterocycles. The van der Waals surface area contributed by atoms with Gasteiger partial charge in [-0.3, -0.25) is 9.36 Å². The number of pyridine rings is 1. The molecule has 1 aromatic heterocycles. The molecule has 0 bridgehead atoms. The van der Waals surface area contributed by atoms with E-state index in [9.17, 15) is 19.8 Å². The Kier molecular flexibility index (Phi) is 2.78. The fourth-order valence-corrected chi connectivity index (χ4v) is 3.42. The number of hydrogen-bond donors (Lipinski definition) is 2. The van der Waals surface area contributed by atoms with Crippen molar-refractivity contribution in [2.75, 3.05) is 0 Å². The van der Waals surface area contributed by atoms with Crippen molar-refractivity contribution in [1.29, 1.82) is 0 Å². The number of hydrogen-bond acceptors (Lipinski definition) is 3. The standard InChI is InChI=1S/C18H13NO4/c20-16-12-8-4-7-11-9-13(10-5-2-1-3-6-10)19(15(11)12)17(21)14(16)18(22)23/h1-8,13,20H,9H2,(H,22,23). The first-order chi connectivity index (χ1) is 11.1. The average molecular weight is 307 g/mol. The molecule has 1 unspecified atom stereocenters. The van der Waals surface area contributed by atoms with Gasteiger partial charge in [0.05, 0.1) is 11.6 Å². The predicted molar refractivity (Wildman–Crippen MR) is 85.1 cm³/mol. The number of rotatable bonds is 2. The Labute approximate surface area is 131 Å². The van der Waals surface area contributed by atoms with E-state index in [1.165, 1.54) is 4.57 Å². The number of para-hydroxylation sites is 1. The number of nitrogens with zero attached hydrogens (tertiary/aromatic N) is 1. The van der Waals surface area contributed by atoms with Crippen LogP contribution < -0.4 is 5.56 Å². The number of benzene rings is 2. The van der Waals surface area contributed by atoms with Gasteiger partial charge >= 0.3 is 5.97 Å². The summed E-state index contributed by atoms with van der Waals surface area (Å²) in [6, 6.07) is 14.6. The van der Waals surface area contributed by atoms with Gasteiger partial charge in [-0.2, -0.15) is 0 Å². The van der Waals surface area contributed by atoms with Crippen molar-refractivity contribution < 1.29 is 15.0 Å². The maximum absolute atomic E-state index is 12.7. The van der Waals surface area contributed by atoms with Crippen LogP contribution in [0.4, 0.5) is 0 Å². The summed E-state index contributed by atoms with van der Waals surface area (Å²) >= 11 is 0. The van der Waals surface area contributed by atoms with E-state index in [-0.39, 0.29) is 6.04 Å². The van der Waals surface area contributed by atoms with Gasteiger partial charge in [-0.25, -0.2) is 4.79 Å². The fraction of sp³-hybridized carbons (Fsp3) is 0.111. The predicted octanol–water partition coefficient (Wildman–Crippen LogP) is 2.55. The second-order valence-electron chi connectivity index (χ2n) is 5.65. The van der Waals surface area contributed by atoms with Gasteiger partial charge < -0.3 is 10.2 Å². The fourth-order valence-electron chi connectivity index (χ4n) is 3.42. The molecule has 0 radical (unpaired) electrons. The highest BCUT2D eigenvalue weighted by molar-refractivity contribution is 6.00. The molecule has 2 N–H and O–H groups in total. The van der Waals surface area contributed by atoms with Gasteiger partial charge in [0.2, 0.25) is 0 Å². The van der Waals surface area contributed by atoms with Crippen LogP contribution in [0.5, 0.6) is 5.75 Å². The van der Waals surface area contributed by atoms with Crippen LogP contribution in [0, 0.1) is 0 Å². The summed E-state index contributed by atoms with van der Waals surface area (Å²) in [6.07, 6.45) is 0.596. The Balaban J connectivity index is 2.12. The zero-order valence-electron chi connectivity index (χ0n) is 12.1. The maximum Gasteiger partial charge on any atom is 0.345 e. The SMILES string of the molecule is O=C(O)c1c(O)c2cccc3c2n(c1=O)C(c1ccccc1)C3. The number of aromatic hydroxyl groups is 1. The van der Waals surface area contributed by atoms with E-state index in [0.29, 0.717) is 17.3 Å². The van der Waals surface area contributed by atoms with Gasteiger partial charge in [0.15, 0.2) is 5.56 Å². The molecular weight excluding hydrogens is 294 g/mol. The highest BCUT2D eigenvalue weighted by atomic mass is 16.4. The average Bonchev–Trinajstić information content (AvgIpc) is 2.94. The number of carbonyl (C=O) groups is 1. The molecule has 0 spiro atoms. The number of carboxylic acids is 1. The molecule has 0 saturated carbocycles. The van der Waals surface area contributed by atoms with Crippen molar-refractivity contribution in [3.63, 3.8) is 0 Å². The van der Waals surface area contributed by atoms with E-state index in [0.717, 1.165) is 11.1 Å². The molecule has 0 amide bonds. The molecule has 2 aromatic carbocycles. The van der Waals surface area contributed by atoms with E-state index in [2.05, 4.69) is 0 Å². The van der Waals surface area contributed by atoms with Crippen LogP contribution in [0.25, 0.3) is 10.9 Å². The van der Waals surface area contributed by atoms with Crippen LogP contribution in [0.3, 0.4) is 0 Å². The van der Waals surface area contributed by atoms with Crippen molar-refractivity contribution in [1.82, 2.24) is 4.57 Å². The number of aromatic carboxylic acids is 1. The zero-order valence-corrected chi connectivity index (χ0v) is 12.1. The van der Waals surface area contributed by atoms with Crippen molar-refractivity contribution in [3.8, 4) is 5.75 Å². The van der Waals surface area contributed by atoms with Gasteiger partial charge in [0, 0.05) is 5.39 Å². The Bertz CT molecular complexity index is 1000. The summed E-state index contributed by atoms with van der Waals surface area (Å²) in [5.41, 5.74) is 1.25. The van der Waals surface area contributed by atoms with Gasteiger partial charge in [-0.15, -0.1) is 0 Å². The van der Waals surface area contributed by atoms with E-state index in [1.807, 2.05) is 36.4 Å². The molecule has 114 valence electrons. The molecule has 1 aliphatic rings. The third-order valence-corrected chi connectivity index (χ3v) is 4.41. The van der Waals surface area contributed by atoms with Crippen LogP contribution in [-0.4, -0.2) is 20.7 Å². The van der Waals surface area contributed by atoms with Crippen molar-refractivity contribution in [2.24, 2.45) is 0 Å². The summed E-state index contributed by atoms with van der Waals surface area (Å²) in [4.78, 5) is 24.2. The normalized spacial score (nSPS) is 15.9. The van der Waals surface area contributed by atoms with E-state index in [4.69, 9.17) is 0 Å². The topological polar surface area (TPSA) is 79.5 Å². The largest absolute Gasteiger partial charge is 0.506 e. The van der Waals surface area contributed by atoms with Crippen LogP contribution >= 0.6 is 0 Å². The first-order valence-corrected chi connectivity index (χ1v) is 7.27. The minimum Gasteiger partial charge on any atom is -0.506 e. The molecule has 1 aliphatic heterocycles. The van der Waals surface area contributed by atoms with Gasteiger partial charge in [-0.05, 0) is 23.6 Å². The van der Waals surface area contributed by atoms with Crippen molar-refractivity contribution in [2.45, 2.75) is 12.5 Å².